The number of hydrogen-bond donors (Lipinski definition) is 0. The predicted molar refractivity (Wildman–Crippen MR) is 87.6 cm³/mol. The molecular formula is C20H28. The van der Waals surface area contributed by atoms with Crippen molar-refractivity contribution in [3.63, 3.8) is 0 Å². The molecule has 0 nitrogen and oxygen atoms in total. The van der Waals surface area contributed by atoms with E-state index in [0.717, 1.165) is 0 Å². The summed E-state index contributed by atoms with van der Waals surface area (Å²) in [6.45, 7) is 7.31. The van der Waals surface area contributed by atoms with Crippen LogP contribution in [0, 0.1) is 10.8 Å². The molecule has 2 unspecified atom stereocenters. The van der Waals surface area contributed by atoms with Gasteiger partial charge in [-0.3, -0.25) is 0 Å². The second-order valence-electron chi connectivity index (χ2n) is 7.32. The molecule has 3 aliphatic rings. The molecule has 20 heavy (non-hydrogen) atoms. The first-order valence-corrected chi connectivity index (χ1v) is 8.37. The van der Waals surface area contributed by atoms with E-state index in [0.29, 0.717) is 10.8 Å². The van der Waals surface area contributed by atoms with E-state index in [1.807, 2.05) is 0 Å². The SMILES string of the molecule is CCCCC1(C)CCC(C)(C2=CC=CC2)C2=C1C=CC2. The van der Waals surface area contributed by atoms with Crippen molar-refractivity contribution < 1.29 is 0 Å². The summed E-state index contributed by atoms with van der Waals surface area (Å²) in [7, 11) is 0. The third kappa shape index (κ3) is 2.05. The van der Waals surface area contributed by atoms with Crippen LogP contribution in [0.15, 0.2) is 47.1 Å². The Labute approximate surface area is 124 Å². The van der Waals surface area contributed by atoms with Crippen LogP contribution in [0.2, 0.25) is 0 Å². The Hall–Kier alpha value is -1.04. The van der Waals surface area contributed by atoms with Crippen molar-refractivity contribution in [3.8, 4) is 0 Å². The van der Waals surface area contributed by atoms with E-state index in [9.17, 15) is 0 Å². The molecular weight excluding hydrogens is 240 g/mol. The Kier molecular flexibility index (Phi) is 3.52. The van der Waals surface area contributed by atoms with Crippen molar-refractivity contribution in [2.75, 3.05) is 0 Å². The van der Waals surface area contributed by atoms with Gasteiger partial charge in [-0.05, 0) is 43.1 Å². The van der Waals surface area contributed by atoms with Gasteiger partial charge in [-0.25, -0.2) is 0 Å². The minimum absolute atomic E-state index is 0.327. The highest BCUT2D eigenvalue weighted by atomic mass is 14.5. The van der Waals surface area contributed by atoms with E-state index in [4.69, 9.17) is 0 Å². The van der Waals surface area contributed by atoms with Crippen LogP contribution in [-0.4, -0.2) is 0 Å². The van der Waals surface area contributed by atoms with Crippen LogP contribution < -0.4 is 0 Å². The standard InChI is InChI=1S/C20H28/c1-4-5-13-19(2)14-15-20(3,16-9-6-7-10-16)18-12-8-11-17(18)19/h6-9,11H,4-5,10,12-15H2,1-3H3. The maximum absolute atomic E-state index is 2.51. The van der Waals surface area contributed by atoms with E-state index in [1.165, 1.54) is 44.9 Å². The molecule has 0 radical (unpaired) electrons. The van der Waals surface area contributed by atoms with Gasteiger partial charge in [0.25, 0.3) is 0 Å². The van der Waals surface area contributed by atoms with Gasteiger partial charge < -0.3 is 0 Å². The molecule has 0 heterocycles. The predicted octanol–water partition coefficient (Wildman–Crippen LogP) is 6.13. The molecule has 0 aromatic carbocycles. The van der Waals surface area contributed by atoms with E-state index in [2.05, 4.69) is 51.2 Å². The molecule has 0 bridgehead atoms. The molecule has 0 spiro atoms. The van der Waals surface area contributed by atoms with E-state index in [-0.39, 0.29) is 0 Å². The van der Waals surface area contributed by atoms with Crippen LogP contribution in [0.4, 0.5) is 0 Å². The van der Waals surface area contributed by atoms with Crippen LogP contribution in [-0.2, 0) is 0 Å². The summed E-state index contributed by atoms with van der Waals surface area (Å²) in [6.07, 6.45) is 20.9. The Morgan fingerprint density at radius 1 is 1.10 bits per heavy atom. The lowest BCUT2D eigenvalue weighted by molar-refractivity contribution is 0.241. The average molecular weight is 268 g/mol. The number of allylic oxidation sites excluding steroid dienone is 8. The summed E-state index contributed by atoms with van der Waals surface area (Å²) < 4.78 is 0. The maximum atomic E-state index is 2.51. The molecule has 0 amide bonds. The molecule has 3 rings (SSSR count). The van der Waals surface area contributed by atoms with Gasteiger partial charge in [0.2, 0.25) is 0 Å². The number of hydrogen-bond acceptors (Lipinski definition) is 0. The maximum Gasteiger partial charge on any atom is 0.0108 e. The highest BCUT2D eigenvalue weighted by Gasteiger charge is 2.45. The zero-order valence-corrected chi connectivity index (χ0v) is 13.3. The molecule has 0 heteroatoms. The zero-order valence-electron chi connectivity index (χ0n) is 13.3. The molecule has 0 fully saturated rings. The normalized spacial score (nSPS) is 35.6. The molecule has 0 aromatic rings. The summed E-state index contributed by atoms with van der Waals surface area (Å²) >= 11 is 0. The Morgan fingerprint density at radius 3 is 2.65 bits per heavy atom. The van der Waals surface area contributed by atoms with Gasteiger partial charge in [0.15, 0.2) is 0 Å². The van der Waals surface area contributed by atoms with E-state index >= 15 is 0 Å². The molecule has 0 saturated carbocycles. The minimum Gasteiger partial charge on any atom is -0.0804 e. The molecule has 0 saturated heterocycles. The first-order chi connectivity index (χ1) is 9.60. The monoisotopic (exact) mass is 268 g/mol. The van der Waals surface area contributed by atoms with Gasteiger partial charge in [0, 0.05) is 5.41 Å². The van der Waals surface area contributed by atoms with Crippen molar-refractivity contribution in [1.82, 2.24) is 0 Å². The highest BCUT2D eigenvalue weighted by Crippen LogP contribution is 2.58. The van der Waals surface area contributed by atoms with Crippen molar-refractivity contribution in [3.05, 3.63) is 47.1 Å². The van der Waals surface area contributed by atoms with Crippen molar-refractivity contribution >= 4 is 0 Å². The average Bonchev–Trinajstić information content (AvgIpc) is 3.12. The third-order valence-electron chi connectivity index (χ3n) is 5.99. The van der Waals surface area contributed by atoms with Crippen molar-refractivity contribution in [2.24, 2.45) is 10.8 Å². The Balaban J connectivity index is 1.96. The summed E-state index contributed by atoms with van der Waals surface area (Å²) in [5.41, 5.74) is 5.83. The Morgan fingerprint density at radius 2 is 1.95 bits per heavy atom. The summed E-state index contributed by atoms with van der Waals surface area (Å²) in [6, 6.07) is 0. The van der Waals surface area contributed by atoms with Crippen LogP contribution in [0.3, 0.4) is 0 Å². The van der Waals surface area contributed by atoms with E-state index < -0.39 is 0 Å². The quantitative estimate of drug-likeness (QED) is 0.575. The second kappa shape index (κ2) is 5.06. The largest absolute Gasteiger partial charge is 0.0804 e. The van der Waals surface area contributed by atoms with Gasteiger partial charge in [0.1, 0.15) is 0 Å². The van der Waals surface area contributed by atoms with Gasteiger partial charge in [-0.15, -0.1) is 0 Å². The molecule has 108 valence electrons. The van der Waals surface area contributed by atoms with Gasteiger partial charge in [0.05, 0.1) is 0 Å². The number of rotatable bonds is 4. The summed E-state index contributed by atoms with van der Waals surface area (Å²) in [4.78, 5) is 0. The van der Waals surface area contributed by atoms with Gasteiger partial charge in [-0.2, -0.15) is 0 Å². The fourth-order valence-electron chi connectivity index (χ4n) is 4.44. The second-order valence-corrected chi connectivity index (χ2v) is 7.32. The lowest BCUT2D eigenvalue weighted by Crippen LogP contribution is -2.33. The van der Waals surface area contributed by atoms with Crippen molar-refractivity contribution in [2.45, 2.75) is 65.7 Å². The van der Waals surface area contributed by atoms with Crippen LogP contribution in [0.5, 0.6) is 0 Å². The summed E-state index contributed by atoms with van der Waals surface area (Å²) in [5.74, 6) is 0. The minimum atomic E-state index is 0.327. The van der Waals surface area contributed by atoms with Gasteiger partial charge in [-0.1, -0.05) is 75.1 Å². The highest BCUT2D eigenvalue weighted by molar-refractivity contribution is 5.49. The van der Waals surface area contributed by atoms with Crippen LogP contribution >= 0.6 is 0 Å². The van der Waals surface area contributed by atoms with Crippen LogP contribution in [0.1, 0.15) is 65.7 Å². The first kappa shape index (κ1) is 13.9. The molecule has 0 aliphatic heterocycles. The van der Waals surface area contributed by atoms with E-state index in [1.54, 1.807) is 16.7 Å². The first-order valence-electron chi connectivity index (χ1n) is 8.37. The smallest absolute Gasteiger partial charge is 0.0108 e. The number of unbranched alkanes of at least 4 members (excludes halogenated alkanes) is 1. The Bertz CT molecular complexity index is 514. The fourth-order valence-corrected chi connectivity index (χ4v) is 4.44. The molecule has 3 aliphatic carbocycles. The summed E-state index contributed by atoms with van der Waals surface area (Å²) in [5, 5.41) is 0. The molecule has 0 aromatic heterocycles. The topological polar surface area (TPSA) is 0 Å². The van der Waals surface area contributed by atoms with Crippen LogP contribution in [0.25, 0.3) is 0 Å². The molecule has 0 N–H and O–H groups in total. The lowest BCUT2D eigenvalue weighted by atomic mass is 9.58. The zero-order chi connectivity index (χ0) is 14.2. The lowest BCUT2D eigenvalue weighted by Gasteiger charge is -2.46. The third-order valence-corrected chi connectivity index (χ3v) is 5.99. The van der Waals surface area contributed by atoms with Gasteiger partial charge >= 0.3 is 0 Å². The molecule has 2 atom stereocenters. The fraction of sp³-hybridized carbons (Fsp3) is 0.600. The van der Waals surface area contributed by atoms with Crippen molar-refractivity contribution in [1.29, 1.82) is 0 Å².